The Labute approximate surface area is 147 Å². The van der Waals surface area contributed by atoms with Crippen LogP contribution in [-0.4, -0.2) is 34.3 Å². The smallest absolute Gasteiger partial charge is 0.338 e. The first kappa shape index (κ1) is 17.2. The van der Waals surface area contributed by atoms with E-state index in [9.17, 15) is 9.59 Å². The SMILES string of the molecule is COCCc1nn2c(=O)cc(COC(=O)c3cccc(C)c3)nc2s1. The lowest BCUT2D eigenvalue weighted by Crippen LogP contribution is -2.16. The molecule has 3 rings (SSSR count). The minimum absolute atomic E-state index is 0.0657. The predicted molar refractivity (Wildman–Crippen MR) is 93.0 cm³/mol. The van der Waals surface area contributed by atoms with Crippen molar-refractivity contribution in [3.63, 3.8) is 0 Å². The summed E-state index contributed by atoms with van der Waals surface area (Å²) in [6.07, 6.45) is 0.613. The summed E-state index contributed by atoms with van der Waals surface area (Å²) in [5.74, 6) is -0.448. The van der Waals surface area contributed by atoms with Crippen molar-refractivity contribution < 1.29 is 14.3 Å². The fourth-order valence-corrected chi connectivity index (χ4v) is 3.15. The normalized spacial score (nSPS) is 11.0. The van der Waals surface area contributed by atoms with Crippen LogP contribution < -0.4 is 5.56 Å². The van der Waals surface area contributed by atoms with Gasteiger partial charge in [-0.3, -0.25) is 4.79 Å². The van der Waals surface area contributed by atoms with Crippen molar-refractivity contribution in [1.82, 2.24) is 14.6 Å². The molecule has 2 heterocycles. The number of aryl methyl sites for hydroxylation is 1. The van der Waals surface area contributed by atoms with Crippen molar-refractivity contribution in [2.75, 3.05) is 13.7 Å². The number of aromatic nitrogens is 3. The summed E-state index contributed by atoms with van der Waals surface area (Å²) in [6.45, 7) is 2.36. The monoisotopic (exact) mass is 359 g/mol. The van der Waals surface area contributed by atoms with Crippen molar-refractivity contribution in [3.05, 3.63) is 62.5 Å². The van der Waals surface area contributed by atoms with Crippen molar-refractivity contribution in [2.24, 2.45) is 0 Å². The number of hydrogen-bond acceptors (Lipinski definition) is 7. The molecular formula is C17H17N3O4S. The highest BCUT2D eigenvalue weighted by atomic mass is 32.1. The zero-order valence-electron chi connectivity index (χ0n) is 13.9. The molecule has 0 saturated carbocycles. The lowest BCUT2D eigenvalue weighted by atomic mass is 10.1. The van der Waals surface area contributed by atoms with E-state index in [1.807, 2.05) is 13.0 Å². The molecule has 0 atom stereocenters. The lowest BCUT2D eigenvalue weighted by Gasteiger charge is -2.05. The van der Waals surface area contributed by atoms with Crippen LogP contribution in [0.1, 0.15) is 26.6 Å². The Morgan fingerprint density at radius 2 is 2.16 bits per heavy atom. The summed E-state index contributed by atoms with van der Waals surface area (Å²) >= 11 is 1.32. The molecule has 0 amide bonds. The Morgan fingerprint density at radius 1 is 1.32 bits per heavy atom. The van der Waals surface area contributed by atoms with Gasteiger partial charge in [-0.25, -0.2) is 9.78 Å². The molecule has 0 N–H and O–H groups in total. The van der Waals surface area contributed by atoms with Crippen LogP contribution in [0.3, 0.4) is 0 Å². The Hall–Kier alpha value is -2.58. The highest BCUT2D eigenvalue weighted by Gasteiger charge is 2.12. The van der Waals surface area contributed by atoms with Crippen molar-refractivity contribution in [1.29, 1.82) is 0 Å². The van der Waals surface area contributed by atoms with Crippen LogP contribution in [0.5, 0.6) is 0 Å². The molecule has 0 bridgehead atoms. The van der Waals surface area contributed by atoms with E-state index in [4.69, 9.17) is 9.47 Å². The van der Waals surface area contributed by atoms with Gasteiger partial charge in [-0.2, -0.15) is 9.61 Å². The summed E-state index contributed by atoms with van der Waals surface area (Å²) < 4.78 is 11.5. The molecule has 1 aromatic carbocycles. The maximum Gasteiger partial charge on any atom is 0.338 e. The Morgan fingerprint density at radius 3 is 2.92 bits per heavy atom. The number of methoxy groups -OCH3 is 1. The summed E-state index contributed by atoms with van der Waals surface area (Å²) in [4.78, 5) is 29.0. The van der Waals surface area contributed by atoms with Gasteiger partial charge in [0.15, 0.2) is 0 Å². The van der Waals surface area contributed by atoms with E-state index in [1.165, 1.54) is 21.9 Å². The van der Waals surface area contributed by atoms with Gasteiger partial charge in [0.05, 0.1) is 17.9 Å². The number of rotatable bonds is 6. The average molecular weight is 359 g/mol. The minimum atomic E-state index is -0.448. The zero-order valence-corrected chi connectivity index (χ0v) is 14.7. The molecule has 0 saturated heterocycles. The third-order valence-electron chi connectivity index (χ3n) is 3.46. The minimum Gasteiger partial charge on any atom is -0.456 e. The number of ether oxygens (including phenoxy) is 2. The van der Waals surface area contributed by atoms with Crippen LogP contribution in [0, 0.1) is 6.92 Å². The molecule has 3 aromatic rings. The van der Waals surface area contributed by atoms with E-state index in [0.717, 1.165) is 10.6 Å². The molecule has 0 aliphatic heterocycles. The maximum absolute atomic E-state index is 12.1. The second-order valence-electron chi connectivity index (χ2n) is 5.46. The van der Waals surface area contributed by atoms with Gasteiger partial charge in [0.1, 0.15) is 11.6 Å². The number of fused-ring (bicyclic) bond motifs is 1. The third kappa shape index (κ3) is 4.09. The van der Waals surface area contributed by atoms with Gasteiger partial charge in [-0.15, -0.1) is 0 Å². The first-order valence-electron chi connectivity index (χ1n) is 7.68. The van der Waals surface area contributed by atoms with Crippen LogP contribution >= 0.6 is 11.3 Å². The van der Waals surface area contributed by atoms with Crippen molar-refractivity contribution in [3.8, 4) is 0 Å². The number of nitrogens with zero attached hydrogens (tertiary/aromatic N) is 3. The van der Waals surface area contributed by atoms with Gasteiger partial charge in [0, 0.05) is 19.6 Å². The Bertz CT molecular complexity index is 964. The van der Waals surface area contributed by atoms with E-state index in [-0.39, 0.29) is 12.2 Å². The molecule has 0 unspecified atom stereocenters. The van der Waals surface area contributed by atoms with Crippen LogP contribution in [0.25, 0.3) is 4.96 Å². The van der Waals surface area contributed by atoms with Crippen molar-refractivity contribution in [2.45, 2.75) is 20.0 Å². The largest absolute Gasteiger partial charge is 0.456 e. The van der Waals surface area contributed by atoms with Gasteiger partial charge in [0.2, 0.25) is 4.96 Å². The first-order valence-corrected chi connectivity index (χ1v) is 8.50. The molecule has 0 spiro atoms. The van der Waals surface area contributed by atoms with Gasteiger partial charge >= 0.3 is 5.97 Å². The van der Waals surface area contributed by atoms with Crippen LogP contribution in [0.4, 0.5) is 0 Å². The standard InChI is InChI=1S/C17H17N3O4S/c1-11-4-3-5-12(8-11)16(22)24-10-13-9-15(21)20-17(18-13)25-14(19-20)6-7-23-2/h3-5,8-9H,6-7,10H2,1-2H3. The number of benzene rings is 1. The fraction of sp³-hybridized carbons (Fsp3) is 0.294. The molecule has 2 aromatic heterocycles. The highest BCUT2D eigenvalue weighted by Crippen LogP contribution is 2.13. The number of carbonyl (C=O) groups excluding carboxylic acids is 1. The molecule has 8 heteroatoms. The molecule has 0 fully saturated rings. The Kier molecular flexibility index (Phi) is 5.20. The topological polar surface area (TPSA) is 82.8 Å². The second kappa shape index (κ2) is 7.54. The number of carbonyl (C=O) groups is 1. The van der Waals surface area contributed by atoms with E-state index in [0.29, 0.717) is 29.2 Å². The quantitative estimate of drug-likeness (QED) is 0.626. The van der Waals surface area contributed by atoms with E-state index >= 15 is 0 Å². The molecule has 25 heavy (non-hydrogen) atoms. The average Bonchev–Trinajstić information content (AvgIpc) is 3.01. The summed E-state index contributed by atoms with van der Waals surface area (Å²) in [5.41, 5.74) is 1.54. The molecular weight excluding hydrogens is 342 g/mol. The van der Waals surface area contributed by atoms with Crippen molar-refractivity contribution >= 4 is 22.3 Å². The molecule has 0 aliphatic carbocycles. The number of hydrogen-bond donors (Lipinski definition) is 0. The molecule has 0 radical (unpaired) electrons. The summed E-state index contributed by atoms with van der Waals surface area (Å²) in [5, 5.41) is 4.98. The highest BCUT2D eigenvalue weighted by molar-refractivity contribution is 7.16. The fourth-order valence-electron chi connectivity index (χ4n) is 2.26. The van der Waals surface area contributed by atoms with E-state index < -0.39 is 5.97 Å². The number of esters is 1. The van der Waals surface area contributed by atoms with Gasteiger partial charge in [0.25, 0.3) is 5.56 Å². The van der Waals surface area contributed by atoms with Crippen LogP contribution in [0.15, 0.2) is 35.1 Å². The Balaban J connectivity index is 1.75. The van der Waals surface area contributed by atoms with Gasteiger partial charge in [-0.05, 0) is 19.1 Å². The molecule has 7 nitrogen and oxygen atoms in total. The maximum atomic E-state index is 12.1. The van der Waals surface area contributed by atoms with Gasteiger partial charge in [-0.1, -0.05) is 29.0 Å². The van der Waals surface area contributed by atoms with Gasteiger partial charge < -0.3 is 9.47 Å². The summed E-state index contributed by atoms with van der Waals surface area (Å²) in [7, 11) is 1.61. The van der Waals surface area contributed by atoms with E-state index in [2.05, 4.69) is 10.1 Å². The molecule has 130 valence electrons. The molecule has 0 aliphatic rings. The summed E-state index contributed by atoms with van der Waals surface area (Å²) in [6, 6.07) is 8.46. The second-order valence-corrected chi connectivity index (χ2v) is 6.50. The van der Waals surface area contributed by atoms with Crippen LogP contribution in [0.2, 0.25) is 0 Å². The zero-order chi connectivity index (χ0) is 17.8. The van der Waals surface area contributed by atoms with Crippen LogP contribution in [-0.2, 0) is 22.5 Å². The lowest BCUT2D eigenvalue weighted by molar-refractivity contribution is 0.0467. The predicted octanol–water partition coefficient (Wildman–Crippen LogP) is 2.01. The third-order valence-corrected chi connectivity index (χ3v) is 4.43. The van der Waals surface area contributed by atoms with E-state index in [1.54, 1.807) is 25.3 Å². The first-order chi connectivity index (χ1) is 12.1.